The summed E-state index contributed by atoms with van der Waals surface area (Å²) >= 11 is 0. The lowest BCUT2D eigenvalue weighted by Crippen LogP contribution is -2.40. The molecule has 0 saturated carbocycles. The first kappa shape index (κ1) is 15.9. The number of aromatic nitrogens is 2. The van der Waals surface area contributed by atoms with Crippen molar-refractivity contribution < 1.29 is 14.6 Å². The van der Waals surface area contributed by atoms with Gasteiger partial charge in [-0.2, -0.15) is 0 Å². The maximum atomic E-state index is 11.2. The largest absolute Gasteiger partial charge is 0.480 e. The zero-order valence-electron chi connectivity index (χ0n) is 12.6. The minimum Gasteiger partial charge on any atom is -0.480 e. The Balaban J connectivity index is 2.01. The van der Waals surface area contributed by atoms with Crippen LogP contribution in [-0.4, -0.2) is 27.1 Å². The maximum absolute atomic E-state index is 11.2. The number of nitrogens with one attached hydrogen (secondary N) is 1. The van der Waals surface area contributed by atoms with Gasteiger partial charge in [0, 0.05) is 18.9 Å². The molecule has 1 unspecified atom stereocenters. The molecule has 0 aliphatic heterocycles. The Hall–Kier alpha value is -2.47. The summed E-state index contributed by atoms with van der Waals surface area (Å²) in [4.78, 5) is 19.2. The molecule has 2 rings (SSSR count). The van der Waals surface area contributed by atoms with Gasteiger partial charge < -0.3 is 15.2 Å². The van der Waals surface area contributed by atoms with Gasteiger partial charge in [0.05, 0.1) is 0 Å². The molecule has 0 aliphatic rings. The smallest absolute Gasteiger partial charge is 0.321 e. The minimum atomic E-state index is -0.847. The zero-order valence-corrected chi connectivity index (χ0v) is 12.6. The first-order valence-electron chi connectivity index (χ1n) is 7.06. The van der Waals surface area contributed by atoms with Gasteiger partial charge >= 0.3 is 12.0 Å². The molecule has 116 valence electrons. The number of hydrogen-bond acceptors (Lipinski definition) is 5. The second kappa shape index (κ2) is 7.51. The zero-order chi connectivity index (χ0) is 15.9. The van der Waals surface area contributed by atoms with E-state index in [1.54, 1.807) is 24.5 Å². The maximum Gasteiger partial charge on any atom is 0.321 e. The van der Waals surface area contributed by atoms with E-state index >= 15 is 0 Å². The van der Waals surface area contributed by atoms with E-state index in [4.69, 9.17) is 9.84 Å². The van der Waals surface area contributed by atoms with Gasteiger partial charge in [0.15, 0.2) is 0 Å². The normalized spacial score (nSPS) is 12.1. The summed E-state index contributed by atoms with van der Waals surface area (Å²) in [6.07, 6.45) is 3.21. The number of carboxylic acid groups (broad SMARTS) is 1. The summed E-state index contributed by atoms with van der Waals surface area (Å²) in [6, 6.07) is 8.80. The average Bonchev–Trinajstić information content (AvgIpc) is 2.48. The highest BCUT2D eigenvalue weighted by Crippen LogP contribution is 2.18. The number of aliphatic carboxylic acids is 1. The fourth-order valence-corrected chi connectivity index (χ4v) is 2.00. The number of carboxylic acids is 1. The van der Waals surface area contributed by atoms with E-state index in [0.717, 1.165) is 5.56 Å². The van der Waals surface area contributed by atoms with Gasteiger partial charge in [-0.25, -0.2) is 9.97 Å². The van der Waals surface area contributed by atoms with Crippen molar-refractivity contribution in [2.24, 2.45) is 5.92 Å². The van der Waals surface area contributed by atoms with Crippen molar-refractivity contribution in [3.05, 3.63) is 48.3 Å². The fourth-order valence-electron chi connectivity index (χ4n) is 2.00. The molecule has 1 aromatic heterocycles. The van der Waals surface area contributed by atoms with Gasteiger partial charge in [0.25, 0.3) is 0 Å². The number of hydrogen-bond donors (Lipinski definition) is 2. The van der Waals surface area contributed by atoms with Crippen LogP contribution in [0.2, 0.25) is 0 Å². The summed E-state index contributed by atoms with van der Waals surface area (Å²) in [7, 11) is 0. The van der Waals surface area contributed by atoms with Crippen LogP contribution in [0.1, 0.15) is 19.4 Å². The summed E-state index contributed by atoms with van der Waals surface area (Å²) in [5, 5.41) is 12.2. The number of rotatable bonds is 7. The Kier molecular flexibility index (Phi) is 5.43. The molecule has 1 aromatic carbocycles. The van der Waals surface area contributed by atoms with Gasteiger partial charge in [-0.3, -0.25) is 4.79 Å². The Morgan fingerprint density at radius 2 is 2.00 bits per heavy atom. The van der Waals surface area contributed by atoms with Crippen LogP contribution in [0.5, 0.6) is 11.8 Å². The third kappa shape index (κ3) is 4.53. The first-order valence-corrected chi connectivity index (χ1v) is 7.06. The van der Waals surface area contributed by atoms with Crippen molar-refractivity contribution in [3.8, 4) is 11.8 Å². The number of carbonyl (C=O) groups is 1. The lowest BCUT2D eigenvalue weighted by molar-refractivity contribution is -0.140. The molecule has 0 aliphatic carbocycles. The third-order valence-corrected chi connectivity index (χ3v) is 3.11. The van der Waals surface area contributed by atoms with Crippen molar-refractivity contribution in [1.82, 2.24) is 15.3 Å². The van der Waals surface area contributed by atoms with E-state index < -0.39 is 12.0 Å². The Bertz CT molecular complexity index is 617. The van der Waals surface area contributed by atoms with Crippen LogP contribution in [0, 0.1) is 5.92 Å². The molecular weight excluding hydrogens is 282 g/mol. The van der Waals surface area contributed by atoms with Crippen LogP contribution < -0.4 is 10.1 Å². The number of ether oxygens (including phenoxy) is 1. The van der Waals surface area contributed by atoms with E-state index in [2.05, 4.69) is 15.3 Å². The molecule has 2 N–H and O–H groups in total. The Morgan fingerprint density at radius 3 is 2.64 bits per heavy atom. The highest BCUT2D eigenvalue weighted by Gasteiger charge is 2.20. The fraction of sp³-hybridized carbons (Fsp3) is 0.312. The van der Waals surface area contributed by atoms with Crippen molar-refractivity contribution in [2.45, 2.75) is 26.4 Å². The lowest BCUT2D eigenvalue weighted by Gasteiger charge is -2.18. The molecule has 0 saturated heterocycles. The highest BCUT2D eigenvalue weighted by atomic mass is 16.5. The highest BCUT2D eigenvalue weighted by molar-refractivity contribution is 5.73. The summed E-state index contributed by atoms with van der Waals surface area (Å²) in [5.74, 6) is -0.225. The molecule has 0 bridgehead atoms. The van der Waals surface area contributed by atoms with Gasteiger partial charge in [0.1, 0.15) is 11.8 Å². The monoisotopic (exact) mass is 301 g/mol. The quantitative estimate of drug-likeness (QED) is 0.817. The molecular formula is C16H19N3O3. The van der Waals surface area contributed by atoms with Crippen molar-refractivity contribution in [3.63, 3.8) is 0 Å². The second-order valence-electron chi connectivity index (χ2n) is 5.22. The van der Waals surface area contributed by atoms with E-state index in [0.29, 0.717) is 12.3 Å². The molecule has 0 spiro atoms. The SMILES string of the molecule is CC(C)C(NCc1cccc(Oc2ncccn2)c1)C(=O)O. The van der Waals surface area contributed by atoms with E-state index in [9.17, 15) is 4.79 Å². The predicted molar refractivity (Wildman–Crippen MR) is 81.6 cm³/mol. The number of benzene rings is 1. The van der Waals surface area contributed by atoms with E-state index in [-0.39, 0.29) is 11.9 Å². The molecule has 6 nitrogen and oxygen atoms in total. The Labute approximate surface area is 129 Å². The standard InChI is InChI=1S/C16H19N3O3/c1-11(2)14(15(20)21)19-10-12-5-3-6-13(9-12)22-16-17-7-4-8-18-16/h3-9,11,14,19H,10H2,1-2H3,(H,20,21). The summed E-state index contributed by atoms with van der Waals surface area (Å²) in [5.41, 5.74) is 0.931. The van der Waals surface area contributed by atoms with Gasteiger partial charge in [-0.1, -0.05) is 26.0 Å². The van der Waals surface area contributed by atoms with E-state index in [1.165, 1.54) is 0 Å². The van der Waals surface area contributed by atoms with Gasteiger partial charge in [-0.05, 0) is 29.7 Å². The third-order valence-electron chi connectivity index (χ3n) is 3.11. The molecule has 0 radical (unpaired) electrons. The molecule has 0 amide bonds. The predicted octanol–water partition coefficient (Wildman–Crippen LogP) is 2.47. The van der Waals surface area contributed by atoms with Crippen LogP contribution in [0.25, 0.3) is 0 Å². The van der Waals surface area contributed by atoms with Gasteiger partial charge in [0.2, 0.25) is 0 Å². The number of nitrogens with zero attached hydrogens (tertiary/aromatic N) is 2. The van der Waals surface area contributed by atoms with Crippen molar-refractivity contribution in [1.29, 1.82) is 0 Å². The van der Waals surface area contributed by atoms with E-state index in [1.807, 2.05) is 32.0 Å². The molecule has 1 atom stereocenters. The summed E-state index contributed by atoms with van der Waals surface area (Å²) < 4.78 is 5.55. The average molecular weight is 301 g/mol. The summed E-state index contributed by atoms with van der Waals surface area (Å²) in [6.45, 7) is 4.19. The van der Waals surface area contributed by atoms with Crippen LogP contribution >= 0.6 is 0 Å². The molecule has 1 heterocycles. The van der Waals surface area contributed by atoms with Crippen molar-refractivity contribution >= 4 is 5.97 Å². The van der Waals surface area contributed by atoms with Crippen LogP contribution in [0.4, 0.5) is 0 Å². The molecule has 22 heavy (non-hydrogen) atoms. The minimum absolute atomic E-state index is 0.00894. The molecule has 0 fully saturated rings. The van der Waals surface area contributed by atoms with Crippen LogP contribution in [0.3, 0.4) is 0 Å². The topological polar surface area (TPSA) is 84.3 Å². The van der Waals surface area contributed by atoms with Crippen LogP contribution in [-0.2, 0) is 11.3 Å². The molecule has 6 heteroatoms. The van der Waals surface area contributed by atoms with Gasteiger partial charge in [-0.15, -0.1) is 0 Å². The molecule has 2 aromatic rings. The van der Waals surface area contributed by atoms with Crippen LogP contribution in [0.15, 0.2) is 42.7 Å². The Morgan fingerprint density at radius 1 is 1.27 bits per heavy atom. The van der Waals surface area contributed by atoms with Crippen molar-refractivity contribution in [2.75, 3.05) is 0 Å². The second-order valence-corrected chi connectivity index (χ2v) is 5.22. The first-order chi connectivity index (χ1) is 10.6. The lowest BCUT2D eigenvalue weighted by atomic mass is 10.0.